The predicted octanol–water partition coefficient (Wildman–Crippen LogP) is 3.06. The third-order valence-corrected chi connectivity index (χ3v) is 4.51. The number of carbonyl (C=O) groups excluding carboxylic acids is 1. The number of ether oxygens (including phenoxy) is 1. The van der Waals surface area contributed by atoms with Crippen LogP contribution in [0, 0.1) is 6.92 Å². The highest BCUT2D eigenvalue weighted by molar-refractivity contribution is 5.95. The Labute approximate surface area is 145 Å². The Morgan fingerprint density at radius 2 is 2.04 bits per heavy atom. The van der Waals surface area contributed by atoms with E-state index in [9.17, 15) is 4.79 Å². The maximum atomic E-state index is 12.3. The van der Waals surface area contributed by atoms with Crippen LogP contribution < -0.4 is 10.1 Å². The van der Waals surface area contributed by atoms with Crippen molar-refractivity contribution in [3.63, 3.8) is 0 Å². The number of rotatable bonds is 3. The molecule has 1 amide bonds. The van der Waals surface area contributed by atoms with Gasteiger partial charge in [0.15, 0.2) is 0 Å². The molecule has 0 radical (unpaired) electrons. The zero-order valence-electron chi connectivity index (χ0n) is 14.1. The highest BCUT2D eigenvalue weighted by Crippen LogP contribution is 2.39. The van der Waals surface area contributed by atoms with E-state index in [-0.39, 0.29) is 11.8 Å². The zero-order chi connectivity index (χ0) is 17.4. The second kappa shape index (κ2) is 6.05. The van der Waals surface area contributed by atoms with Crippen LogP contribution in [0.25, 0.3) is 5.69 Å². The van der Waals surface area contributed by atoms with Gasteiger partial charge in [-0.15, -0.1) is 0 Å². The second-order valence-corrected chi connectivity index (χ2v) is 6.05. The summed E-state index contributed by atoms with van der Waals surface area (Å²) in [6.45, 7) is 1.97. The van der Waals surface area contributed by atoms with Crippen LogP contribution >= 0.6 is 0 Å². The summed E-state index contributed by atoms with van der Waals surface area (Å²) in [7, 11) is 1.63. The molecule has 0 aliphatic carbocycles. The van der Waals surface area contributed by atoms with E-state index < -0.39 is 0 Å². The number of benzene rings is 1. The molecule has 126 valence electrons. The highest BCUT2D eigenvalue weighted by Gasteiger charge is 2.32. The van der Waals surface area contributed by atoms with Gasteiger partial charge in [-0.25, -0.2) is 4.68 Å². The maximum absolute atomic E-state index is 12.3. The first-order valence-corrected chi connectivity index (χ1v) is 8.11. The molecule has 3 aromatic rings. The first kappa shape index (κ1) is 15.4. The van der Waals surface area contributed by atoms with Gasteiger partial charge in [-0.2, -0.15) is 5.10 Å². The summed E-state index contributed by atoms with van der Waals surface area (Å²) < 4.78 is 6.99. The molecule has 0 spiro atoms. The van der Waals surface area contributed by atoms with Gasteiger partial charge in [-0.3, -0.25) is 9.78 Å². The number of nitrogens with zero attached hydrogens (tertiary/aromatic N) is 3. The lowest BCUT2D eigenvalue weighted by molar-refractivity contribution is -0.116. The van der Waals surface area contributed by atoms with Crippen molar-refractivity contribution >= 4 is 11.7 Å². The number of hydrogen-bond acceptors (Lipinski definition) is 4. The smallest absolute Gasteiger partial charge is 0.226 e. The fourth-order valence-electron chi connectivity index (χ4n) is 3.32. The van der Waals surface area contributed by atoms with Crippen LogP contribution in [0.15, 0.2) is 48.8 Å². The molecule has 3 heterocycles. The average Bonchev–Trinajstić information content (AvgIpc) is 2.98. The van der Waals surface area contributed by atoms with E-state index in [1.165, 1.54) is 0 Å². The average molecular weight is 334 g/mol. The van der Waals surface area contributed by atoms with Gasteiger partial charge in [0.1, 0.15) is 11.6 Å². The predicted molar refractivity (Wildman–Crippen MR) is 94.2 cm³/mol. The number of amides is 1. The first-order valence-electron chi connectivity index (χ1n) is 8.11. The molecule has 4 rings (SSSR count). The van der Waals surface area contributed by atoms with E-state index in [0.717, 1.165) is 34.1 Å². The normalized spacial score (nSPS) is 16.2. The molecule has 1 aromatic carbocycles. The zero-order valence-corrected chi connectivity index (χ0v) is 14.1. The van der Waals surface area contributed by atoms with Crippen LogP contribution in [0.2, 0.25) is 0 Å². The molecule has 0 saturated heterocycles. The third-order valence-electron chi connectivity index (χ3n) is 4.51. The van der Waals surface area contributed by atoms with Crippen molar-refractivity contribution in [1.82, 2.24) is 14.8 Å². The Balaban J connectivity index is 1.84. The van der Waals surface area contributed by atoms with Crippen LogP contribution in [0.3, 0.4) is 0 Å². The number of aromatic nitrogens is 3. The van der Waals surface area contributed by atoms with Crippen LogP contribution in [-0.2, 0) is 4.79 Å². The number of carbonyl (C=O) groups is 1. The monoisotopic (exact) mass is 334 g/mol. The molecule has 6 nitrogen and oxygen atoms in total. The third kappa shape index (κ3) is 2.65. The summed E-state index contributed by atoms with van der Waals surface area (Å²) in [6, 6.07) is 11.5. The molecule has 2 aromatic heterocycles. The first-order chi connectivity index (χ1) is 12.2. The standard InChI is InChI=1S/C19H18N4O2/c1-12-18-16(13-4-3-9-20-11-13)10-17(24)21-19(18)23(22-12)14-5-7-15(25-2)8-6-14/h3-9,11,16H,10H2,1-2H3,(H,21,24). The number of pyridine rings is 1. The summed E-state index contributed by atoms with van der Waals surface area (Å²) in [4.78, 5) is 16.5. The van der Waals surface area contributed by atoms with Crippen LogP contribution in [0.1, 0.15) is 29.2 Å². The minimum Gasteiger partial charge on any atom is -0.497 e. The Morgan fingerprint density at radius 1 is 1.24 bits per heavy atom. The van der Waals surface area contributed by atoms with Gasteiger partial charge in [0.2, 0.25) is 5.91 Å². The van der Waals surface area contributed by atoms with Crippen molar-refractivity contribution < 1.29 is 9.53 Å². The molecule has 25 heavy (non-hydrogen) atoms. The molecular formula is C19H18N4O2. The number of hydrogen-bond donors (Lipinski definition) is 1. The quantitative estimate of drug-likeness (QED) is 0.799. The molecule has 1 N–H and O–H groups in total. The van der Waals surface area contributed by atoms with Gasteiger partial charge < -0.3 is 10.1 Å². The van der Waals surface area contributed by atoms with Crippen molar-refractivity contribution in [2.75, 3.05) is 12.4 Å². The van der Waals surface area contributed by atoms with Gasteiger partial charge in [0.25, 0.3) is 0 Å². The Morgan fingerprint density at radius 3 is 2.72 bits per heavy atom. The van der Waals surface area contributed by atoms with Crippen molar-refractivity contribution in [3.8, 4) is 11.4 Å². The molecular weight excluding hydrogens is 316 g/mol. The molecule has 1 aliphatic heterocycles. The summed E-state index contributed by atoms with van der Waals surface area (Å²) in [5, 5.41) is 7.65. The van der Waals surface area contributed by atoms with Gasteiger partial charge in [-0.1, -0.05) is 6.07 Å². The van der Waals surface area contributed by atoms with Crippen molar-refractivity contribution in [3.05, 3.63) is 65.6 Å². The number of methoxy groups -OCH3 is 1. The lowest BCUT2D eigenvalue weighted by Crippen LogP contribution is -2.25. The SMILES string of the molecule is COc1ccc(-n2nc(C)c3c2NC(=O)CC3c2cccnc2)cc1. The van der Waals surface area contributed by atoms with E-state index in [1.807, 2.05) is 49.5 Å². The second-order valence-electron chi connectivity index (χ2n) is 6.05. The van der Waals surface area contributed by atoms with Crippen LogP contribution in [-0.4, -0.2) is 27.8 Å². The van der Waals surface area contributed by atoms with Gasteiger partial charge in [0.05, 0.1) is 18.5 Å². The van der Waals surface area contributed by atoms with Gasteiger partial charge >= 0.3 is 0 Å². The molecule has 0 bridgehead atoms. The molecule has 1 atom stereocenters. The number of anilines is 1. The Kier molecular flexibility index (Phi) is 3.72. The molecule has 0 saturated carbocycles. The van der Waals surface area contributed by atoms with E-state index in [0.29, 0.717) is 6.42 Å². The van der Waals surface area contributed by atoms with Crippen molar-refractivity contribution in [2.24, 2.45) is 0 Å². The van der Waals surface area contributed by atoms with Gasteiger partial charge in [0, 0.05) is 30.3 Å². The molecule has 1 unspecified atom stereocenters. The molecule has 0 fully saturated rings. The Hall–Kier alpha value is -3.15. The summed E-state index contributed by atoms with van der Waals surface area (Å²) in [5.74, 6) is 1.45. The van der Waals surface area contributed by atoms with Gasteiger partial charge in [-0.05, 0) is 42.8 Å². The fourth-order valence-corrected chi connectivity index (χ4v) is 3.32. The van der Waals surface area contributed by atoms with E-state index >= 15 is 0 Å². The lowest BCUT2D eigenvalue weighted by atomic mass is 9.86. The van der Waals surface area contributed by atoms with Crippen LogP contribution in [0.4, 0.5) is 5.82 Å². The van der Waals surface area contributed by atoms with Crippen molar-refractivity contribution in [2.45, 2.75) is 19.3 Å². The Bertz CT molecular complexity index is 917. The summed E-state index contributed by atoms with van der Waals surface area (Å²) in [6.07, 6.45) is 3.95. The highest BCUT2D eigenvalue weighted by atomic mass is 16.5. The van der Waals surface area contributed by atoms with Crippen molar-refractivity contribution in [1.29, 1.82) is 0 Å². The number of aryl methyl sites for hydroxylation is 1. The summed E-state index contributed by atoms with van der Waals surface area (Å²) >= 11 is 0. The largest absolute Gasteiger partial charge is 0.497 e. The minimum absolute atomic E-state index is 0.0176. The minimum atomic E-state index is -0.0375. The molecule has 1 aliphatic rings. The molecule has 6 heteroatoms. The number of fused-ring (bicyclic) bond motifs is 1. The van der Waals surface area contributed by atoms with Crippen LogP contribution in [0.5, 0.6) is 5.75 Å². The fraction of sp³-hybridized carbons (Fsp3) is 0.211. The number of nitrogens with one attached hydrogen (secondary N) is 1. The maximum Gasteiger partial charge on any atom is 0.226 e. The van der Waals surface area contributed by atoms with E-state index in [1.54, 1.807) is 18.0 Å². The van der Waals surface area contributed by atoms with E-state index in [4.69, 9.17) is 4.74 Å². The summed E-state index contributed by atoms with van der Waals surface area (Å²) in [5.41, 5.74) is 3.84. The van der Waals surface area contributed by atoms with E-state index in [2.05, 4.69) is 15.4 Å². The topological polar surface area (TPSA) is 69.0 Å². The lowest BCUT2D eigenvalue weighted by Gasteiger charge is -2.24.